The Balaban J connectivity index is 2.72. The minimum atomic E-state index is -0.895. The maximum absolute atomic E-state index is 11.8. The van der Waals surface area contributed by atoms with Crippen molar-refractivity contribution in [3.05, 3.63) is 34.9 Å². The first-order valence-corrected chi connectivity index (χ1v) is 7.65. The number of hydrogen-bond donors (Lipinski definition) is 2. The lowest BCUT2D eigenvalue weighted by Crippen LogP contribution is -2.27. The molecule has 0 heterocycles. The molecule has 0 spiro atoms. The Bertz CT molecular complexity index is 544. The number of amides is 1. The molecule has 0 aliphatic rings. The molecule has 4 nitrogen and oxygen atoms in total. The van der Waals surface area contributed by atoms with Crippen LogP contribution in [0.15, 0.2) is 18.2 Å². The van der Waals surface area contributed by atoms with Gasteiger partial charge in [0.1, 0.15) is 0 Å². The summed E-state index contributed by atoms with van der Waals surface area (Å²) in [4.78, 5) is 11.8. The fraction of sp³-hybridized carbons (Fsp3) is 0.357. The van der Waals surface area contributed by atoms with Gasteiger partial charge in [-0.3, -0.25) is 9.00 Å². The zero-order valence-corrected chi connectivity index (χ0v) is 12.0. The van der Waals surface area contributed by atoms with Gasteiger partial charge in [0.25, 0.3) is 5.91 Å². The van der Waals surface area contributed by atoms with Gasteiger partial charge in [-0.25, -0.2) is 0 Å². The standard InChI is InChI=1S/C14H18N2O2S/c1-11-10-13(6-5-12(11)4-3-7-15)14(17)16-8-9-19(2)18/h5-6,10H,7-9,15H2,1-2H3,(H,16,17). The van der Waals surface area contributed by atoms with Crippen LogP contribution in [-0.2, 0) is 10.8 Å². The van der Waals surface area contributed by atoms with E-state index in [-0.39, 0.29) is 5.91 Å². The number of carbonyl (C=O) groups is 1. The molecule has 1 aromatic carbocycles. The maximum Gasteiger partial charge on any atom is 0.251 e. The lowest BCUT2D eigenvalue weighted by atomic mass is 10.0. The first-order chi connectivity index (χ1) is 9.04. The van der Waals surface area contributed by atoms with Crippen LogP contribution in [-0.4, -0.2) is 35.2 Å². The van der Waals surface area contributed by atoms with Crippen molar-refractivity contribution in [2.75, 3.05) is 25.1 Å². The molecule has 0 saturated carbocycles. The minimum absolute atomic E-state index is 0.160. The Morgan fingerprint density at radius 2 is 2.21 bits per heavy atom. The monoisotopic (exact) mass is 278 g/mol. The molecule has 0 fully saturated rings. The summed E-state index contributed by atoms with van der Waals surface area (Å²) in [5.41, 5.74) is 7.71. The van der Waals surface area contributed by atoms with Crippen molar-refractivity contribution >= 4 is 16.7 Å². The van der Waals surface area contributed by atoms with Crippen LogP contribution in [0.1, 0.15) is 21.5 Å². The van der Waals surface area contributed by atoms with Gasteiger partial charge in [0, 0.05) is 40.5 Å². The van der Waals surface area contributed by atoms with Crippen LogP contribution in [0.4, 0.5) is 0 Å². The van der Waals surface area contributed by atoms with E-state index < -0.39 is 10.8 Å². The summed E-state index contributed by atoms with van der Waals surface area (Å²) in [6.07, 6.45) is 1.61. The molecular formula is C14H18N2O2S. The number of nitrogens with one attached hydrogen (secondary N) is 1. The van der Waals surface area contributed by atoms with E-state index in [1.807, 2.05) is 13.0 Å². The third-order valence-electron chi connectivity index (χ3n) is 2.49. The van der Waals surface area contributed by atoms with E-state index in [1.54, 1.807) is 18.4 Å². The Kier molecular flexibility index (Phi) is 6.26. The molecule has 1 atom stereocenters. The van der Waals surface area contributed by atoms with Crippen molar-refractivity contribution in [3.8, 4) is 11.8 Å². The van der Waals surface area contributed by atoms with Gasteiger partial charge >= 0.3 is 0 Å². The summed E-state index contributed by atoms with van der Waals surface area (Å²) >= 11 is 0. The van der Waals surface area contributed by atoms with Crippen LogP contribution in [0, 0.1) is 18.8 Å². The topological polar surface area (TPSA) is 72.2 Å². The average molecular weight is 278 g/mol. The van der Waals surface area contributed by atoms with E-state index in [2.05, 4.69) is 17.2 Å². The summed E-state index contributed by atoms with van der Waals surface area (Å²) in [6, 6.07) is 5.33. The van der Waals surface area contributed by atoms with Crippen LogP contribution in [0.3, 0.4) is 0 Å². The van der Waals surface area contributed by atoms with E-state index in [4.69, 9.17) is 5.73 Å². The van der Waals surface area contributed by atoms with Gasteiger partial charge in [0.05, 0.1) is 6.54 Å². The second-order valence-electron chi connectivity index (χ2n) is 4.07. The molecule has 1 amide bonds. The van der Waals surface area contributed by atoms with Crippen molar-refractivity contribution in [2.45, 2.75) is 6.92 Å². The Labute approximate surface area is 116 Å². The number of carbonyl (C=O) groups excluding carboxylic acids is 1. The molecular weight excluding hydrogens is 260 g/mol. The van der Waals surface area contributed by atoms with Crippen LogP contribution in [0.2, 0.25) is 0 Å². The Morgan fingerprint density at radius 1 is 1.47 bits per heavy atom. The van der Waals surface area contributed by atoms with Gasteiger partial charge in [0.15, 0.2) is 0 Å². The van der Waals surface area contributed by atoms with Gasteiger partial charge < -0.3 is 11.1 Å². The number of aryl methyl sites for hydroxylation is 1. The number of nitrogens with two attached hydrogens (primary N) is 1. The van der Waals surface area contributed by atoms with E-state index in [9.17, 15) is 9.00 Å². The highest BCUT2D eigenvalue weighted by Gasteiger charge is 2.06. The predicted molar refractivity (Wildman–Crippen MR) is 78.4 cm³/mol. The summed E-state index contributed by atoms with van der Waals surface area (Å²) in [5, 5.41) is 2.73. The van der Waals surface area contributed by atoms with Crippen LogP contribution < -0.4 is 11.1 Å². The highest BCUT2D eigenvalue weighted by atomic mass is 32.2. The SMILES string of the molecule is Cc1cc(C(=O)NCCS(C)=O)ccc1C#CCN. The first-order valence-electron chi connectivity index (χ1n) is 5.92. The molecule has 1 rings (SSSR count). The molecule has 0 radical (unpaired) electrons. The summed E-state index contributed by atoms with van der Waals surface area (Å²) in [5.74, 6) is 6.04. The maximum atomic E-state index is 11.8. The summed E-state index contributed by atoms with van der Waals surface area (Å²) < 4.78 is 10.9. The molecule has 1 aromatic rings. The van der Waals surface area contributed by atoms with E-state index in [1.165, 1.54) is 0 Å². The fourth-order valence-electron chi connectivity index (χ4n) is 1.50. The third kappa shape index (κ3) is 5.25. The molecule has 0 aliphatic carbocycles. The lowest BCUT2D eigenvalue weighted by molar-refractivity contribution is 0.0956. The van der Waals surface area contributed by atoms with Gasteiger partial charge in [-0.15, -0.1) is 0 Å². The van der Waals surface area contributed by atoms with Crippen LogP contribution in [0.5, 0.6) is 0 Å². The molecule has 0 saturated heterocycles. The molecule has 3 N–H and O–H groups in total. The van der Waals surface area contributed by atoms with Crippen LogP contribution in [0.25, 0.3) is 0 Å². The van der Waals surface area contributed by atoms with Gasteiger partial charge in [-0.2, -0.15) is 0 Å². The smallest absolute Gasteiger partial charge is 0.251 e. The van der Waals surface area contributed by atoms with Crippen molar-refractivity contribution in [1.29, 1.82) is 0 Å². The molecule has 1 unspecified atom stereocenters. The zero-order valence-electron chi connectivity index (χ0n) is 11.2. The summed E-state index contributed by atoms with van der Waals surface area (Å²) in [6.45, 7) is 2.63. The summed E-state index contributed by atoms with van der Waals surface area (Å²) in [7, 11) is -0.895. The number of hydrogen-bond acceptors (Lipinski definition) is 3. The van der Waals surface area contributed by atoms with Crippen LogP contribution >= 0.6 is 0 Å². The highest BCUT2D eigenvalue weighted by Crippen LogP contribution is 2.10. The first kappa shape index (κ1) is 15.4. The second-order valence-corrected chi connectivity index (χ2v) is 5.62. The number of benzene rings is 1. The Morgan fingerprint density at radius 3 is 2.79 bits per heavy atom. The molecule has 102 valence electrons. The average Bonchev–Trinajstić information content (AvgIpc) is 2.36. The van der Waals surface area contributed by atoms with Crippen molar-refractivity contribution < 1.29 is 9.00 Å². The molecule has 0 aromatic heterocycles. The third-order valence-corrected chi connectivity index (χ3v) is 3.27. The minimum Gasteiger partial charge on any atom is -0.351 e. The van der Waals surface area contributed by atoms with E-state index >= 15 is 0 Å². The van der Waals surface area contributed by atoms with Gasteiger partial charge in [0.2, 0.25) is 0 Å². The fourth-order valence-corrected chi connectivity index (χ4v) is 1.89. The number of rotatable bonds is 4. The molecule has 0 bridgehead atoms. The van der Waals surface area contributed by atoms with E-state index in [0.717, 1.165) is 11.1 Å². The lowest BCUT2D eigenvalue weighted by Gasteiger charge is -2.06. The second kappa shape index (κ2) is 7.72. The Hall–Kier alpha value is -1.64. The molecule has 19 heavy (non-hydrogen) atoms. The largest absolute Gasteiger partial charge is 0.351 e. The van der Waals surface area contributed by atoms with Gasteiger partial charge in [-0.1, -0.05) is 11.8 Å². The van der Waals surface area contributed by atoms with Crippen molar-refractivity contribution in [1.82, 2.24) is 5.32 Å². The highest BCUT2D eigenvalue weighted by molar-refractivity contribution is 7.84. The molecule has 5 heteroatoms. The zero-order chi connectivity index (χ0) is 14.3. The van der Waals surface area contributed by atoms with Crippen molar-refractivity contribution in [2.24, 2.45) is 5.73 Å². The normalized spacial score (nSPS) is 11.3. The van der Waals surface area contributed by atoms with Crippen molar-refractivity contribution in [3.63, 3.8) is 0 Å². The van der Waals surface area contributed by atoms with Gasteiger partial charge in [-0.05, 0) is 30.7 Å². The predicted octanol–water partition coefficient (Wildman–Crippen LogP) is 0.414. The quantitative estimate of drug-likeness (QED) is 0.784. The molecule has 0 aliphatic heterocycles. The van der Waals surface area contributed by atoms with E-state index in [0.29, 0.717) is 24.4 Å².